The topological polar surface area (TPSA) is 89.3 Å². The van der Waals surface area contributed by atoms with E-state index >= 15 is 0 Å². The van der Waals surface area contributed by atoms with E-state index in [4.69, 9.17) is 5.41 Å². The summed E-state index contributed by atoms with van der Waals surface area (Å²) in [6, 6.07) is 16.4. The number of amides is 1. The van der Waals surface area contributed by atoms with E-state index in [-0.39, 0.29) is 24.0 Å². The number of benzene rings is 2. The average molecular weight is 350 g/mol. The molecule has 0 saturated carbocycles. The van der Waals surface area contributed by atoms with Crippen LogP contribution < -0.4 is 5.43 Å². The molecule has 7 heteroatoms. The summed E-state index contributed by atoms with van der Waals surface area (Å²) in [5.74, 6) is -0.276. The molecule has 124 valence electrons. The molecular weight excluding hydrogens is 336 g/mol. The lowest BCUT2D eigenvalue weighted by Crippen LogP contribution is -2.43. The van der Waals surface area contributed by atoms with E-state index in [1.807, 2.05) is 30.3 Å². The molecule has 0 aliphatic carbocycles. The third kappa shape index (κ3) is 2.74. The van der Waals surface area contributed by atoms with E-state index in [1.54, 1.807) is 24.3 Å². The Bertz CT molecular complexity index is 977. The predicted molar refractivity (Wildman–Crippen MR) is 97.5 cm³/mol. The van der Waals surface area contributed by atoms with Crippen molar-refractivity contribution in [2.45, 2.75) is 0 Å². The highest BCUT2D eigenvalue weighted by molar-refractivity contribution is 7.19. The molecule has 0 fully saturated rings. The molecule has 0 spiro atoms. The number of hydrazine groups is 1. The molecule has 25 heavy (non-hydrogen) atoms. The first-order valence-corrected chi connectivity index (χ1v) is 8.45. The Hall–Kier alpha value is -3.19. The molecule has 0 bridgehead atoms. The summed E-state index contributed by atoms with van der Waals surface area (Å²) in [5.41, 5.74) is 4.32. The highest BCUT2D eigenvalue weighted by atomic mass is 32.1. The summed E-state index contributed by atoms with van der Waals surface area (Å²) in [6.07, 6.45) is 0. The van der Waals surface area contributed by atoms with Gasteiger partial charge in [-0.1, -0.05) is 30.3 Å². The van der Waals surface area contributed by atoms with Gasteiger partial charge in [-0.15, -0.1) is 11.3 Å². The number of para-hydroxylation sites is 1. The molecule has 0 atom stereocenters. The predicted octanol–water partition coefficient (Wildman–Crippen LogP) is 3.20. The minimum atomic E-state index is -0.330. The number of nitrogens with zero attached hydrogens (tertiary/aromatic N) is 2. The zero-order valence-electron chi connectivity index (χ0n) is 13.1. The number of fused-ring (bicyclic) bond motifs is 1. The van der Waals surface area contributed by atoms with Crippen LogP contribution in [0, 0.1) is 5.41 Å². The smallest absolute Gasteiger partial charge is 0.269 e. The van der Waals surface area contributed by atoms with Crippen LogP contribution in [0.4, 0.5) is 0 Å². The van der Waals surface area contributed by atoms with Gasteiger partial charge in [0, 0.05) is 5.56 Å². The fraction of sp³-hybridized carbons (Fsp3) is 0.0556. The number of carbonyl (C=O) groups is 1. The molecule has 3 aromatic rings. The first-order chi connectivity index (χ1) is 12.1. The standard InChI is InChI=1S/C18H14N4O2S/c19-16-15(18-20-12-8-4-5-9-14(12)25-18)13(23)10-22(16)21-17(24)11-6-2-1-3-7-11/h1-9,19,23H,10H2,(H,21,24). The van der Waals surface area contributed by atoms with E-state index in [0.29, 0.717) is 16.1 Å². The van der Waals surface area contributed by atoms with E-state index in [0.717, 1.165) is 10.2 Å². The normalized spacial score (nSPS) is 14.4. The van der Waals surface area contributed by atoms with Crippen molar-refractivity contribution in [1.29, 1.82) is 5.41 Å². The largest absolute Gasteiger partial charge is 0.509 e. The third-order valence-electron chi connectivity index (χ3n) is 3.88. The summed E-state index contributed by atoms with van der Waals surface area (Å²) >= 11 is 1.41. The molecule has 0 unspecified atom stereocenters. The number of carbonyl (C=O) groups excluding carboxylic acids is 1. The van der Waals surface area contributed by atoms with Gasteiger partial charge in [-0.25, -0.2) is 4.98 Å². The highest BCUT2D eigenvalue weighted by Crippen LogP contribution is 2.32. The molecule has 0 saturated heterocycles. The van der Waals surface area contributed by atoms with E-state index in [1.165, 1.54) is 16.3 Å². The second-order valence-electron chi connectivity index (χ2n) is 5.55. The Morgan fingerprint density at radius 3 is 2.64 bits per heavy atom. The van der Waals surface area contributed by atoms with Crippen LogP contribution in [-0.2, 0) is 0 Å². The number of amidine groups is 1. The van der Waals surface area contributed by atoms with Gasteiger partial charge in [-0.05, 0) is 24.3 Å². The molecule has 2 heterocycles. The molecular formula is C18H14N4O2S. The first kappa shape index (κ1) is 15.3. The van der Waals surface area contributed by atoms with E-state index in [9.17, 15) is 9.90 Å². The van der Waals surface area contributed by atoms with Crippen molar-refractivity contribution in [2.24, 2.45) is 0 Å². The average Bonchev–Trinajstić information content (AvgIpc) is 3.16. The van der Waals surface area contributed by atoms with Gasteiger partial charge in [-0.2, -0.15) is 0 Å². The van der Waals surface area contributed by atoms with E-state index < -0.39 is 0 Å². The Morgan fingerprint density at radius 2 is 1.88 bits per heavy atom. The van der Waals surface area contributed by atoms with Crippen LogP contribution in [0.3, 0.4) is 0 Å². The fourth-order valence-electron chi connectivity index (χ4n) is 2.66. The molecule has 0 radical (unpaired) electrons. The van der Waals surface area contributed by atoms with Gasteiger partial charge in [0.15, 0.2) is 5.84 Å². The lowest BCUT2D eigenvalue weighted by Gasteiger charge is -2.19. The quantitative estimate of drug-likeness (QED) is 0.677. The molecule has 3 N–H and O–H groups in total. The number of thiazole rings is 1. The fourth-order valence-corrected chi connectivity index (χ4v) is 3.69. The summed E-state index contributed by atoms with van der Waals surface area (Å²) in [4.78, 5) is 16.8. The molecule has 1 aliphatic heterocycles. The van der Waals surface area contributed by atoms with Crippen LogP contribution in [0.5, 0.6) is 0 Å². The monoisotopic (exact) mass is 350 g/mol. The van der Waals surface area contributed by atoms with Gasteiger partial charge in [0.1, 0.15) is 10.8 Å². The first-order valence-electron chi connectivity index (χ1n) is 7.64. The molecule has 1 aromatic heterocycles. The van der Waals surface area contributed by atoms with Gasteiger partial charge in [0.05, 0.1) is 22.3 Å². The Morgan fingerprint density at radius 1 is 1.16 bits per heavy atom. The van der Waals surface area contributed by atoms with Gasteiger partial charge >= 0.3 is 0 Å². The zero-order chi connectivity index (χ0) is 17.4. The summed E-state index contributed by atoms with van der Waals surface area (Å²) in [7, 11) is 0. The Balaban J connectivity index is 1.58. The van der Waals surface area contributed by atoms with Crippen molar-refractivity contribution in [3.05, 3.63) is 70.9 Å². The molecule has 1 amide bonds. The van der Waals surface area contributed by atoms with Gasteiger partial charge in [0.2, 0.25) is 0 Å². The van der Waals surface area contributed by atoms with Crippen LogP contribution in [0.25, 0.3) is 15.8 Å². The molecule has 2 aromatic carbocycles. The second kappa shape index (κ2) is 6.03. The summed E-state index contributed by atoms with van der Waals surface area (Å²) < 4.78 is 0.984. The lowest BCUT2D eigenvalue weighted by atomic mass is 10.2. The van der Waals surface area contributed by atoms with Crippen LogP contribution in [0.15, 0.2) is 60.4 Å². The van der Waals surface area contributed by atoms with E-state index in [2.05, 4.69) is 10.4 Å². The van der Waals surface area contributed by atoms with Gasteiger partial charge < -0.3 is 5.11 Å². The van der Waals surface area contributed by atoms with Gasteiger partial charge in [-0.3, -0.25) is 20.6 Å². The second-order valence-corrected chi connectivity index (χ2v) is 6.58. The molecule has 1 aliphatic rings. The molecule has 6 nitrogen and oxygen atoms in total. The van der Waals surface area contributed by atoms with Crippen molar-refractivity contribution in [2.75, 3.05) is 6.54 Å². The number of rotatable bonds is 3. The number of aromatic nitrogens is 1. The van der Waals surface area contributed by atoms with Crippen molar-refractivity contribution < 1.29 is 9.90 Å². The maximum Gasteiger partial charge on any atom is 0.269 e. The lowest BCUT2D eigenvalue weighted by molar-refractivity contribution is 0.0874. The number of aliphatic hydroxyl groups excluding tert-OH is 1. The number of hydrogen-bond donors (Lipinski definition) is 3. The number of nitrogens with one attached hydrogen (secondary N) is 2. The minimum absolute atomic E-state index is 0.0254. The SMILES string of the molecule is N=C1C(c2nc3ccccc3s2)=C(O)CN1NC(=O)c1ccccc1. The number of hydrogen-bond acceptors (Lipinski definition) is 5. The van der Waals surface area contributed by atoms with Crippen molar-refractivity contribution in [3.8, 4) is 0 Å². The van der Waals surface area contributed by atoms with Gasteiger partial charge in [0.25, 0.3) is 5.91 Å². The van der Waals surface area contributed by atoms with Crippen LogP contribution >= 0.6 is 11.3 Å². The third-order valence-corrected chi connectivity index (χ3v) is 4.94. The van der Waals surface area contributed by atoms with Crippen LogP contribution in [0.2, 0.25) is 0 Å². The van der Waals surface area contributed by atoms with Crippen LogP contribution in [0.1, 0.15) is 15.4 Å². The van der Waals surface area contributed by atoms with Crippen molar-refractivity contribution in [1.82, 2.24) is 15.4 Å². The summed E-state index contributed by atoms with van der Waals surface area (Å²) in [6.45, 7) is 0.0443. The Kier molecular flexibility index (Phi) is 3.70. The van der Waals surface area contributed by atoms with Crippen molar-refractivity contribution in [3.63, 3.8) is 0 Å². The van der Waals surface area contributed by atoms with Crippen LogP contribution in [-0.4, -0.2) is 33.4 Å². The summed E-state index contributed by atoms with van der Waals surface area (Å²) in [5, 5.41) is 20.5. The minimum Gasteiger partial charge on any atom is -0.509 e. The molecule has 4 rings (SSSR count). The maximum absolute atomic E-state index is 12.3. The number of aliphatic hydroxyl groups is 1. The highest BCUT2D eigenvalue weighted by Gasteiger charge is 2.31. The maximum atomic E-state index is 12.3. The van der Waals surface area contributed by atoms with Crippen molar-refractivity contribution >= 4 is 38.9 Å². The Labute approximate surface area is 147 Å². The zero-order valence-corrected chi connectivity index (χ0v) is 13.9.